The molecule has 82 valence electrons. The highest BCUT2D eigenvalue weighted by Gasteiger charge is 2.16. The maximum absolute atomic E-state index is 6.01. The summed E-state index contributed by atoms with van der Waals surface area (Å²) in [6.45, 7) is 4.35. The zero-order chi connectivity index (χ0) is 10.7. The van der Waals surface area contributed by atoms with E-state index in [9.17, 15) is 0 Å². The van der Waals surface area contributed by atoms with Gasteiger partial charge in [-0.25, -0.2) is 0 Å². The van der Waals surface area contributed by atoms with Crippen molar-refractivity contribution in [2.24, 2.45) is 0 Å². The fourth-order valence-corrected chi connectivity index (χ4v) is 2.26. The van der Waals surface area contributed by atoms with Gasteiger partial charge in [-0.15, -0.1) is 0 Å². The van der Waals surface area contributed by atoms with Crippen molar-refractivity contribution in [1.29, 1.82) is 0 Å². The Labute approximate surface area is 96.2 Å². The molecule has 0 saturated carbocycles. The molecule has 0 bridgehead atoms. The van der Waals surface area contributed by atoms with Crippen molar-refractivity contribution < 1.29 is 0 Å². The van der Waals surface area contributed by atoms with E-state index in [1.807, 2.05) is 12.1 Å². The van der Waals surface area contributed by atoms with Gasteiger partial charge in [-0.2, -0.15) is 0 Å². The Kier molecular flexibility index (Phi) is 3.62. The van der Waals surface area contributed by atoms with Crippen molar-refractivity contribution in [1.82, 2.24) is 10.2 Å². The molecule has 1 saturated heterocycles. The predicted octanol–water partition coefficient (Wildman–Crippen LogP) is 1.96. The highest BCUT2D eigenvalue weighted by atomic mass is 35.5. The zero-order valence-corrected chi connectivity index (χ0v) is 9.80. The average Bonchev–Trinajstić information content (AvgIpc) is 2.43. The molecule has 1 heterocycles. The molecule has 2 rings (SSSR count). The third kappa shape index (κ3) is 2.94. The lowest BCUT2D eigenvalue weighted by molar-refractivity contribution is 0.342. The summed E-state index contributed by atoms with van der Waals surface area (Å²) in [5, 5.41) is 4.29. The molecule has 1 aromatic carbocycles. The van der Waals surface area contributed by atoms with Gasteiger partial charge in [0, 0.05) is 37.1 Å². The molecule has 0 aliphatic carbocycles. The van der Waals surface area contributed by atoms with Gasteiger partial charge in [0.15, 0.2) is 0 Å². The van der Waals surface area contributed by atoms with E-state index in [4.69, 9.17) is 11.6 Å². The number of hydrogen-bond acceptors (Lipinski definition) is 2. The molecule has 1 aromatic rings. The third-order valence-corrected chi connectivity index (χ3v) is 3.15. The molecule has 0 radical (unpaired) electrons. The Morgan fingerprint density at radius 1 is 1.47 bits per heavy atom. The summed E-state index contributed by atoms with van der Waals surface area (Å²) in [5.74, 6) is 0.552. The van der Waals surface area contributed by atoms with Crippen molar-refractivity contribution in [2.45, 2.75) is 5.92 Å². The first kappa shape index (κ1) is 10.9. The van der Waals surface area contributed by atoms with Gasteiger partial charge in [-0.05, 0) is 24.7 Å². The summed E-state index contributed by atoms with van der Waals surface area (Å²) in [6.07, 6.45) is 0. The summed E-state index contributed by atoms with van der Waals surface area (Å²) in [5.41, 5.74) is 1.34. The van der Waals surface area contributed by atoms with Crippen LogP contribution in [-0.4, -0.2) is 38.1 Å². The van der Waals surface area contributed by atoms with E-state index in [0.29, 0.717) is 5.92 Å². The van der Waals surface area contributed by atoms with E-state index >= 15 is 0 Å². The van der Waals surface area contributed by atoms with Crippen LogP contribution in [0.25, 0.3) is 0 Å². The Bertz CT molecular complexity index is 327. The van der Waals surface area contributed by atoms with E-state index in [1.54, 1.807) is 0 Å². The van der Waals surface area contributed by atoms with Crippen LogP contribution < -0.4 is 5.32 Å². The zero-order valence-electron chi connectivity index (χ0n) is 9.04. The van der Waals surface area contributed by atoms with Gasteiger partial charge >= 0.3 is 0 Å². The van der Waals surface area contributed by atoms with E-state index in [0.717, 1.165) is 31.2 Å². The Morgan fingerprint density at radius 2 is 2.33 bits per heavy atom. The highest BCUT2D eigenvalue weighted by molar-refractivity contribution is 6.30. The first-order valence-corrected chi connectivity index (χ1v) is 5.78. The minimum atomic E-state index is 0.552. The number of benzene rings is 1. The number of halogens is 1. The quantitative estimate of drug-likeness (QED) is 0.785. The molecular weight excluding hydrogens is 208 g/mol. The monoisotopic (exact) mass is 224 g/mol. The van der Waals surface area contributed by atoms with Crippen LogP contribution in [0.4, 0.5) is 0 Å². The summed E-state index contributed by atoms with van der Waals surface area (Å²) < 4.78 is 0. The van der Waals surface area contributed by atoms with Crippen molar-refractivity contribution in [3.8, 4) is 0 Å². The normalized spacial score (nSPS) is 23.7. The largest absolute Gasteiger partial charge is 0.315 e. The molecule has 1 atom stereocenters. The van der Waals surface area contributed by atoms with Crippen LogP contribution >= 0.6 is 11.6 Å². The van der Waals surface area contributed by atoms with Crippen LogP contribution in [0.15, 0.2) is 24.3 Å². The second-order valence-electron chi connectivity index (χ2n) is 4.22. The molecule has 15 heavy (non-hydrogen) atoms. The molecular formula is C12H17ClN2. The Morgan fingerprint density at radius 3 is 3.13 bits per heavy atom. The van der Waals surface area contributed by atoms with Gasteiger partial charge in [0.1, 0.15) is 0 Å². The lowest BCUT2D eigenvalue weighted by atomic mass is 9.99. The van der Waals surface area contributed by atoms with Gasteiger partial charge in [0.05, 0.1) is 0 Å². The second-order valence-corrected chi connectivity index (χ2v) is 4.65. The molecule has 1 N–H and O–H groups in total. The van der Waals surface area contributed by atoms with Gasteiger partial charge in [-0.3, -0.25) is 0 Å². The minimum absolute atomic E-state index is 0.552. The fourth-order valence-electron chi connectivity index (χ4n) is 2.06. The summed E-state index contributed by atoms with van der Waals surface area (Å²) in [7, 11) is 2.17. The van der Waals surface area contributed by atoms with Crippen molar-refractivity contribution in [2.75, 3.05) is 33.2 Å². The van der Waals surface area contributed by atoms with Crippen LogP contribution in [0, 0.1) is 0 Å². The lowest BCUT2D eigenvalue weighted by Crippen LogP contribution is -2.24. The van der Waals surface area contributed by atoms with Gasteiger partial charge in [-0.1, -0.05) is 23.7 Å². The highest BCUT2D eigenvalue weighted by Crippen LogP contribution is 2.20. The molecule has 0 spiro atoms. The van der Waals surface area contributed by atoms with Crippen molar-refractivity contribution in [3.05, 3.63) is 34.9 Å². The SMILES string of the molecule is CN1CCNCC(c2cccc(Cl)c2)C1. The van der Waals surface area contributed by atoms with E-state index in [1.165, 1.54) is 5.56 Å². The summed E-state index contributed by atoms with van der Waals surface area (Å²) in [6, 6.07) is 8.20. The van der Waals surface area contributed by atoms with Crippen LogP contribution in [-0.2, 0) is 0 Å². The first-order chi connectivity index (χ1) is 7.25. The molecule has 0 aromatic heterocycles. The van der Waals surface area contributed by atoms with E-state index in [2.05, 4.69) is 29.4 Å². The van der Waals surface area contributed by atoms with Gasteiger partial charge in [0.25, 0.3) is 0 Å². The van der Waals surface area contributed by atoms with Gasteiger partial charge in [0.2, 0.25) is 0 Å². The number of hydrogen-bond donors (Lipinski definition) is 1. The maximum atomic E-state index is 6.01. The number of nitrogens with one attached hydrogen (secondary N) is 1. The fraction of sp³-hybridized carbons (Fsp3) is 0.500. The smallest absolute Gasteiger partial charge is 0.0408 e. The molecule has 1 aliphatic heterocycles. The molecule has 1 unspecified atom stereocenters. The number of nitrogens with zero attached hydrogens (tertiary/aromatic N) is 1. The predicted molar refractivity (Wildman–Crippen MR) is 64.6 cm³/mol. The van der Waals surface area contributed by atoms with Crippen molar-refractivity contribution in [3.63, 3.8) is 0 Å². The third-order valence-electron chi connectivity index (χ3n) is 2.91. The second kappa shape index (κ2) is 4.97. The van der Waals surface area contributed by atoms with Crippen LogP contribution in [0.2, 0.25) is 5.02 Å². The standard InChI is InChI=1S/C12H17ClN2/c1-15-6-5-14-8-11(9-15)10-3-2-4-12(13)7-10/h2-4,7,11,14H,5-6,8-9H2,1H3. The molecule has 0 amide bonds. The first-order valence-electron chi connectivity index (χ1n) is 5.40. The molecule has 3 heteroatoms. The summed E-state index contributed by atoms with van der Waals surface area (Å²) in [4.78, 5) is 2.37. The van der Waals surface area contributed by atoms with E-state index in [-0.39, 0.29) is 0 Å². The lowest BCUT2D eigenvalue weighted by Gasteiger charge is -2.19. The molecule has 1 aliphatic rings. The average molecular weight is 225 g/mol. The molecule has 2 nitrogen and oxygen atoms in total. The van der Waals surface area contributed by atoms with Crippen molar-refractivity contribution >= 4 is 11.6 Å². The Hall–Kier alpha value is -0.570. The minimum Gasteiger partial charge on any atom is -0.315 e. The number of likely N-dealkylation sites (N-methyl/N-ethyl adjacent to an activating group) is 1. The van der Waals surface area contributed by atoms with Crippen LogP contribution in [0.5, 0.6) is 0 Å². The number of rotatable bonds is 1. The molecule has 1 fully saturated rings. The van der Waals surface area contributed by atoms with E-state index < -0.39 is 0 Å². The maximum Gasteiger partial charge on any atom is 0.0408 e. The van der Waals surface area contributed by atoms with Gasteiger partial charge < -0.3 is 10.2 Å². The van der Waals surface area contributed by atoms with Crippen LogP contribution in [0.1, 0.15) is 11.5 Å². The Balaban J connectivity index is 2.14. The summed E-state index contributed by atoms with van der Waals surface area (Å²) >= 11 is 6.01. The topological polar surface area (TPSA) is 15.3 Å². The van der Waals surface area contributed by atoms with Crippen LogP contribution in [0.3, 0.4) is 0 Å².